The number of nitro groups is 1. The first-order valence-electron chi connectivity index (χ1n) is 11.2. The van der Waals surface area contributed by atoms with Crippen LogP contribution in [0.3, 0.4) is 0 Å². The normalized spacial score (nSPS) is 11.5. The quantitative estimate of drug-likeness (QED) is 0.135. The number of aliphatic imine (C=N–C) groups is 1. The van der Waals surface area contributed by atoms with Crippen molar-refractivity contribution in [3.8, 4) is 34.1 Å². The molecule has 9 nitrogen and oxygen atoms in total. The highest BCUT2D eigenvalue weighted by Crippen LogP contribution is 2.37. The van der Waals surface area contributed by atoms with E-state index in [0.717, 1.165) is 15.6 Å². The fourth-order valence-corrected chi connectivity index (χ4v) is 4.33. The molecule has 0 aliphatic rings. The minimum atomic E-state index is -0.410. The van der Waals surface area contributed by atoms with Crippen LogP contribution >= 0.6 is 15.9 Å². The van der Waals surface area contributed by atoms with E-state index in [4.69, 9.17) is 14.1 Å². The number of furan rings is 1. The van der Waals surface area contributed by atoms with E-state index in [1.54, 1.807) is 42.6 Å². The van der Waals surface area contributed by atoms with Crippen molar-refractivity contribution in [3.05, 3.63) is 92.3 Å². The van der Waals surface area contributed by atoms with Gasteiger partial charge in [0.2, 0.25) is 0 Å². The molecule has 0 saturated heterocycles. The molecule has 3 heterocycles. The lowest BCUT2D eigenvalue weighted by Crippen LogP contribution is -1.94. The van der Waals surface area contributed by atoms with E-state index < -0.39 is 4.92 Å². The van der Waals surface area contributed by atoms with E-state index in [9.17, 15) is 15.2 Å². The van der Waals surface area contributed by atoms with Gasteiger partial charge in [-0.2, -0.15) is 0 Å². The summed E-state index contributed by atoms with van der Waals surface area (Å²) in [5.41, 5.74) is 4.10. The number of rotatable bonds is 6. The second-order valence-corrected chi connectivity index (χ2v) is 9.33. The molecule has 0 atom stereocenters. The Morgan fingerprint density at radius 2 is 1.92 bits per heavy atom. The third-order valence-electron chi connectivity index (χ3n) is 6.03. The van der Waals surface area contributed by atoms with Gasteiger partial charge in [-0.15, -0.1) is 0 Å². The third-order valence-corrected chi connectivity index (χ3v) is 6.49. The average Bonchev–Trinajstić information content (AvgIpc) is 3.49. The minimum absolute atomic E-state index is 0.0175. The summed E-state index contributed by atoms with van der Waals surface area (Å²) in [4.78, 5) is 20.6. The molecular weight excluding hydrogens is 540 g/mol. The predicted octanol–water partition coefficient (Wildman–Crippen LogP) is 7.01. The smallest absolute Gasteiger partial charge is 0.280 e. The van der Waals surface area contributed by atoms with Gasteiger partial charge in [0.05, 0.1) is 23.8 Å². The first-order chi connectivity index (χ1) is 17.7. The number of halogens is 1. The van der Waals surface area contributed by atoms with Gasteiger partial charge in [-0.05, 0) is 89.4 Å². The lowest BCUT2D eigenvalue weighted by molar-refractivity contribution is -0.384. The van der Waals surface area contributed by atoms with E-state index in [-0.39, 0.29) is 11.4 Å². The number of fused-ring (bicyclic) bond motifs is 1. The Hall–Kier alpha value is -4.44. The summed E-state index contributed by atoms with van der Waals surface area (Å²) in [6, 6.07) is 15.4. The third kappa shape index (κ3) is 4.58. The molecule has 186 valence electrons. The van der Waals surface area contributed by atoms with Crippen LogP contribution in [-0.4, -0.2) is 32.7 Å². The van der Waals surface area contributed by atoms with Gasteiger partial charge < -0.3 is 14.3 Å². The number of pyridine rings is 1. The average molecular weight is 561 g/mol. The van der Waals surface area contributed by atoms with Crippen LogP contribution in [0.4, 0.5) is 11.5 Å². The highest BCUT2D eigenvalue weighted by molar-refractivity contribution is 9.10. The second-order valence-electron chi connectivity index (χ2n) is 8.42. The number of hydrogen-bond acceptors (Lipinski definition) is 7. The maximum Gasteiger partial charge on any atom is 0.280 e. The Labute approximate surface area is 220 Å². The van der Waals surface area contributed by atoms with Crippen LogP contribution in [-0.2, 0) is 0 Å². The maximum atomic E-state index is 11.6. The molecule has 0 unspecified atom stereocenters. The van der Waals surface area contributed by atoms with Gasteiger partial charge in [0.25, 0.3) is 5.69 Å². The number of benzene rings is 2. The van der Waals surface area contributed by atoms with Crippen molar-refractivity contribution in [1.82, 2.24) is 9.38 Å². The molecule has 0 saturated carbocycles. The molecule has 0 fully saturated rings. The lowest BCUT2D eigenvalue weighted by Gasteiger charge is -2.06. The molecule has 0 aliphatic carbocycles. The molecule has 37 heavy (non-hydrogen) atoms. The van der Waals surface area contributed by atoms with Crippen LogP contribution in [0.25, 0.3) is 28.2 Å². The first kappa shape index (κ1) is 24.3. The number of hydrogen-bond donors (Lipinski definition) is 1. The number of phenols is 1. The van der Waals surface area contributed by atoms with Crippen molar-refractivity contribution in [3.63, 3.8) is 0 Å². The molecule has 0 radical (unpaired) electrons. The van der Waals surface area contributed by atoms with Crippen molar-refractivity contribution in [2.75, 3.05) is 7.11 Å². The van der Waals surface area contributed by atoms with Gasteiger partial charge in [0.15, 0.2) is 17.3 Å². The Morgan fingerprint density at radius 1 is 1.14 bits per heavy atom. The van der Waals surface area contributed by atoms with E-state index >= 15 is 0 Å². The number of methoxy groups -OCH3 is 1. The van der Waals surface area contributed by atoms with Gasteiger partial charge >= 0.3 is 0 Å². The van der Waals surface area contributed by atoms with Crippen LogP contribution < -0.4 is 4.74 Å². The predicted molar refractivity (Wildman–Crippen MR) is 144 cm³/mol. The van der Waals surface area contributed by atoms with Gasteiger partial charge in [-0.25, -0.2) is 9.98 Å². The SMILES string of the molecule is COc1cc(-c2nc3ccc(Br)cn3c2N=Cc2ccc(-c3cc(C)c(C)cc3[N+](=O)[O-])o2)ccc1O. The number of imidazole rings is 1. The topological polar surface area (TPSA) is 115 Å². The largest absolute Gasteiger partial charge is 0.504 e. The lowest BCUT2D eigenvalue weighted by atomic mass is 10.0. The molecule has 5 aromatic rings. The van der Waals surface area contributed by atoms with E-state index in [1.807, 2.05) is 36.6 Å². The molecule has 0 amide bonds. The van der Waals surface area contributed by atoms with Crippen molar-refractivity contribution >= 4 is 39.3 Å². The Bertz CT molecular complexity index is 1700. The van der Waals surface area contributed by atoms with Crippen molar-refractivity contribution < 1.29 is 19.2 Å². The zero-order valence-electron chi connectivity index (χ0n) is 20.1. The zero-order valence-corrected chi connectivity index (χ0v) is 21.7. The summed E-state index contributed by atoms with van der Waals surface area (Å²) >= 11 is 3.49. The van der Waals surface area contributed by atoms with Crippen molar-refractivity contribution in [2.45, 2.75) is 13.8 Å². The fourth-order valence-electron chi connectivity index (χ4n) is 3.99. The van der Waals surface area contributed by atoms with Crippen LogP contribution in [0.2, 0.25) is 0 Å². The molecule has 10 heteroatoms. The molecule has 1 N–H and O–H groups in total. The number of nitro benzene ring substituents is 1. The van der Waals surface area contributed by atoms with Gasteiger partial charge in [0.1, 0.15) is 22.9 Å². The standard InChI is InChI=1S/C27H21BrN4O5/c1-15-10-20(21(32(34)35)11-16(15)2)23-8-6-19(37-23)13-29-27-26(17-4-7-22(33)24(12-17)36-3)30-25-9-5-18(28)14-31(25)27/h4-14,33H,1-3H3. The number of phenolic OH excluding ortho intramolecular Hbond substituents is 1. The summed E-state index contributed by atoms with van der Waals surface area (Å²) in [7, 11) is 1.48. The van der Waals surface area contributed by atoms with E-state index in [1.165, 1.54) is 13.2 Å². The number of aromatic hydroxyl groups is 1. The highest BCUT2D eigenvalue weighted by atomic mass is 79.9. The molecule has 2 aromatic carbocycles. The summed E-state index contributed by atoms with van der Waals surface area (Å²) in [5.74, 6) is 1.66. The summed E-state index contributed by atoms with van der Waals surface area (Å²) in [5, 5.41) is 21.7. The van der Waals surface area contributed by atoms with Crippen LogP contribution in [0.5, 0.6) is 11.5 Å². The molecule has 5 rings (SSSR count). The summed E-state index contributed by atoms with van der Waals surface area (Å²) in [6.45, 7) is 3.73. The second kappa shape index (κ2) is 9.55. The van der Waals surface area contributed by atoms with Gasteiger partial charge in [-0.3, -0.25) is 14.5 Å². The molecular formula is C27H21BrN4O5. The number of aryl methyl sites for hydroxylation is 2. The maximum absolute atomic E-state index is 11.6. The Balaban J connectivity index is 1.59. The fraction of sp³-hybridized carbons (Fsp3) is 0.111. The first-order valence-corrected chi connectivity index (χ1v) is 12.0. The number of ether oxygens (including phenoxy) is 1. The minimum Gasteiger partial charge on any atom is -0.504 e. The highest BCUT2D eigenvalue weighted by Gasteiger charge is 2.20. The number of nitrogens with zero attached hydrogens (tertiary/aromatic N) is 4. The summed E-state index contributed by atoms with van der Waals surface area (Å²) < 4.78 is 13.9. The van der Waals surface area contributed by atoms with Gasteiger partial charge in [-0.1, -0.05) is 0 Å². The molecule has 3 aromatic heterocycles. The zero-order chi connectivity index (χ0) is 26.3. The van der Waals surface area contributed by atoms with E-state index in [2.05, 4.69) is 20.9 Å². The van der Waals surface area contributed by atoms with Crippen molar-refractivity contribution in [1.29, 1.82) is 0 Å². The van der Waals surface area contributed by atoms with Crippen molar-refractivity contribution in [2.24, 2.45) is 4.99 Å². The van der Waals surface area contributed by atoms with Crippen LogP contribution in [0, 0.1) is 24.0 Å². The monoisotopic (exact) mass is 560 g/mol. The summed E-state index contributed by atoms with van der Waals surface area (Å²) in [6.07, 6.45) is 3.39. The molecule has 0 bridgehead atoms. The van der Waals surface area contributed by atoms with Gasteiger partial charge in [0, 0.05) is 22.3 Å². The van der Waals surface area contributed by atoms with Crippen LogP contribution in [0.1, 0.15) is 16.9 Å². The Kier molecular flexibility index (Phi) is 6.26. The Morgan fingerprint density at radius 3 is 2.68 bits per heavy atom. The molecule has 0 spiro atoms. The van der Waals surface area contributed by atoms with Crippen LogP contribution in [0.15, 0.2) is 74.7 Å². The number of aromatic nitrogens is 2. The van der Waals surface area contributed by atoms with E-state index in [0.29, 0.717) is 45.6 Å². The molecule has 0 aliphatic heterocycles.